The van der Waals surface area contributed by atoms with Crippen LogP contribution in [-0.4, -0.2) is 63.9 Å². The number of rotatable bonds is 4. The second-order valence-corrected chi connectivity index (χ2v) is 7.80. The molecule has 2 aliphatic heterocycles. The first-order chi connectivity index (χ1) is 11.8. The van der Waals surface area contributed by atoms with Gasteiger partial charge >= 0.3 is 0 Å². The van der Waals surface area contributed by atoms with Gasteiger partial charge in [-0.25, -0.2) is 0 Å². The Bertz CT molecular complexity index is 656. The number of fused-ring (bicyclic) bond motifs is 1. The SMILES string of the molecule is CN1CCC(N2CCC(NCc3cccc4nsnc34)CC2)CC1. The van der Waals surface area contributed by atoms with Gasteiger partial charge in [-0.05, 0) is 70.5 Å². The van der Waals surface area contributed by atoms with E-state index in [4.69, 9.17) is 0 Å². The Kier molecular flexibility index (Phi) is 5.08. The Morgan fingerprint density at radius 3 is 2.67 bits per heavy atom. The maximum absolute atomic E-state index is 4.44. The zero-order valence-corrected chi connectivity index (χ0v) is 15.3. The van der Waals surface area contributed by atoms with E-state index in [1.165, 1.54) is 69.2 Å². The lowest BCUT2D eigenvalue weighted by Gasteiger charge is -2.41. The molecule has 0 saturated carbocycles. The van der Waals surface area contributed by atoms with E-state index in [0.29, 0.717) is 6.04 Å². The smallest absolute Gasteiger partial charge is 0.109 e. The van der Waals surface area contributed by atoms with Crippen molar-refractivity contribution in [3.05, 3.63) is 23.8 Å². The number of hydrogen-bond donors (Lipinski definition) is 1. The van der Waals surface area contributed by atoms with Crippen LogP contribution < -0.4 is 5.32 Å². The lowest BCUT2D eigenvalue weighted by atomic mass is 9.98. The largest absolute Gasteiger partial charge is 0.310 e. The summed E-state index contributed by atoms with van der Waals surface area (Å²) in [5.74, 6) is 0. The Morgan fingerprint density at radius 1 is 1.08 bits per heavy atom. The summed E-state index contributed by atoms with van der Waals surface area (Å²) in [5.41, 5.74) is 3.37. The molecule has 0 amide bonds. The van der Waals surface area contributed by atoms with Gasteiger partial charge in [0.15, 0.2) is 0 Å². The van der Waals surface area contributed by atoms with E-state index in [2.05, 4.69) is 43.0 Å². The molecule has 2 aliphatic rings. The first kappa shape index (κ1) is 16.4. The normalized spacial score (nSPS) is 22.4. The van der Waals surface area contributed by atoms with Crippen molar-refractivity contribution in [1.82, 2.24) is 23.9 Å². The fraction of sp³-hybridized carbons (Fsp3) is 0.667. The zero-order valence-electron chi connectivity index (χ0n) is 14.4. The Morgan fingerprint density at radius 2 is 1.88 bits per heavy atom. The van der Waals surface area contributed by atoms with Crippen LogP contribution in [-0.2, 0) is 6.54 Å². The summed E-state index contributed by atoms with van der Waals surface area (Å²) in [5, 5.41) is 3.75. The van der Waals surface area contributed by atoms with Gasteiger partial charge in [0.2, 0.25) is 0 Å². The summed E-state index contributed by atoms with van der Waals surface area (Å²) in [6.07, 6.45) is 5.20. The lowest BCUT2D eigenvalue weighted by molar-refractivity contribution is 0.0921. The van der Waals surface area contributed by atoms with Crippen molar-refractivity contribution in [1.29, 1.82) is 0 Å². The highest BCUT2D eigenvalue weighted by Gasteiger charge is 2.27. The van der Waals surface area contributed by atoms with Gasteiger partial charge < -0.3 is 15.1 Å². The molecule has 1 aromatic carbocycles. The molecule has 6 heteroatoms. The van der Waals surface area contributed by atoms with Crippen molar-refractivity contribution < 1.29 is 0 Å². The predicted molar refractivity (Wildman–Crippen MR) is 99.4 cm³/mol. The summed E-state index contributed by atoms with van der Waals surface area (Å²) >= 11 is 1.31. The highest BCUT2D eigenvalue weighted by atomic mass is 32.1. The molecule has 2 fully saturated rings. The second-order valence-electron chi connectivity index (χ2n) is 7.27. The molecular formula is C18H27N5S. The summed E-state index contributed by atoms with van der Waals surface area (Å²) in [7, 11) is 2.24. The molecule has 130 valence electrons. The standard InChI is InChI=1S/C18H27N5S/c1-22-9-7-16(8-10-22)23-11-5-15(6-12-23)19-13-14-3-2-4-17-18(14)21-24-20-17/h2-4,15-16,19H,5-13H2,1H3. The number of hydrogen-bond acceptors (Lipinski definition) is 6. The minimum Gasteiger partial charge on any atom is -0.310 e. The molecule has 0 unspecified atom stereocenters. The zero-order chi connectivity index (χ0) is 16.4. The van der Waals surface area contributed by atoms with Crippen molar-refractivity contribution >= 4 is 22.8 Å². The maximum atomic E-state index is 4.44. The van der Waals surface area contributed by atoms with Crippen molar-refractivity contribution in [3.63, 3.8) is 0 Å². The van der Waals surface area contributed by atoms with Crippen LogP contribution in [0, 0.1) is 0 Å². The Labute approximate surface area is 148 Å². The highest BCUT2D eigenvalue weighted by Crippen LogP contribution is 2.21. The maximum Gasteiger partial charge on any atom is 0.109 e. The minimum atomic E-state index is 0.634. The Hall–Kier alpha value is -1.08. The van der Waals surface area contributed by atoms with Crippen molar-refractivity contribution in [3.8, 4) is 0 Å². The van der Waals surface area contributed by atoms with Gasteiger partial charge in [-0.2, -0.15) is 8.75 Å². The van der Waals surface area contributed by atoms with Crippen LogP contribution >= 0.6 is 11.7 Å². The van der Waals surface area contributed by atoms with Gasteiger partial charge in [-0.15, -0.1) is 0 Å². The van der Waals surface area contributed by atoms with Gasteiger partial charge in [0.1, 0.15) is 11.0 Å². The predicted octanol–water partition coefficient (Wildman–Crippen LogP) is 2.34. The van der Waals surface area contributed by atoms with E-state index in [1.54, 1.807) is 0 Å². The molecule has 1 aromatic heterocycles. The van der Waals surface area contributed by atoms with Crippen molar-refractivity contribution in [2.24, 2.45) is 0 Å². The topological polar surface area (TPSA) is 44.3 Å². The molecule has 2 saturated heterocycles. The minimum absolute atomic E-state index is 0.634. The van der Waals surface area contributed by atoms with Crippen LogP contribution in [0.4, 0.5) is 0 Å². The summed E-state index contributed by atoms with van der Waals surface area (Å²) in [4.78, 5) is 5.19. The van der Waals surface area contributed by atoms with Gasteiger partial charge in [-0.1, -0.05) is 12.1 Å². The average molecular weight is 346 g/mol. The number of likely N-dealkylation sites (tertiary alicyclic amines) is 2. The monoisotopic (exact) mass is 345 g/mol. The van der Waals surface area contributed by atoms with Crippen LogP contribution in [0.15, 0.2) is 18.2 Å². The highest BCUT2D eigenvalue weighted by molar-refractivity contribution is 7.00. The van der Waals surface area contributed by atoms with Crippen LogP contribution in [0.2, 0.25) is 0 Å². The van der Waals surface area contributed by atoms with Gasteiger partial charge in [0.25, 0.3) is 0 Å². The molecule has 0 spiro atoms. The molecule has 3 heterocycles. The third kappa shape index (κ3) is 3.61. The average Bonchev–Trinajstić information content (AvgIpc) is 3.10. The molecule has 0 bridgehead atoms. The van der Waals surface area contributed by atoms with Crippen molar-refractivity contribution in [2.75, 3.05) is 33.2 Å². The van der Waals surface area contributed by atoms with E-state index in [1.807, 2.05) is 6.07 Å². The fourth-order valence-electron chi connectivity index (χ4n) is 4.09. The molecule has 0 atom stereocenters. The lowest BCUT2D eigenvalue weighted by Crippen LogP contribution is -2.49. The Balaban J connectivity index is 1.27. The second kappa shape index (κ2) is 7.44. The summed E-state index contributed by atoms with van der Waals surface area (Å²) in [6, 6.07) is 7.75. The third-order valence-corrected chi connectivity index (χ3v) is 6.23. The number of benzene rings is 1. The van der Waals surface area contributed by atoms with E-state index < -0.39 is 0 Å². The first-order valence-electron chi connectivity index (χ1n) is 9.16. The van der Waals surface area contributed by atoms with E-state index >= 15 is 0 Å². The van der Waals surface area contributed by atoms with E-state index in [9.17, 15) is 0 Å². The number of nitrogens with one attached hydrogen (secondary N) is 1. The van der Waals surface area contributed by atoms with Crippen LogP contribution in [0.5, 0.6) is 0 Å². The first-order valence-corrected chi connectivity index (χ1v) is 9.89. The fourth-order valence-corrected chi connectivity index (χ4v) is 4.66. The molecule has 0 radical (unpaired) electrons. The molecule has 4 rings (SSSR count). The number of piperidine rings is 2. The van der Waals surface area contributed by atoms with Gasteiger partial charge in [0, 0.05) is 18.6 Å². The molecular weight excluding hydrogens is 318 g/mol. The number of nitrogens with zero attached hydrogens (tertiary/aromatic N) is 4. The van der Waals surface area contributed by atoms with Crippen LogP contribution in [0.25, 0.3) is 11.0 Å². The summed E-state index contributed by atoms with van der Waals surface area (Å²) in [6.45, 7) is 5.91. The third-order valence-electron chi connectivity index (χ3n) is 5.68. The van der Waals surface area contributed by atoms with Gasteiger partial charge in [0.05, 0.1) is 11.7 Å². The molecule has 0 aliphatic carbocycles. The van der Waals surface area contributed by atoms with Crippen molar-refractivity contribution in [2.45, 2.75) is 44.3 Å². The molecule has 2 aromatic rings. The molecule has 24 heavy (non-hydrogen) atoms. The molecule has 1 N–H and O–H groups in total. The number of aromatic nitrogens is 2. The van der Waals surface area contributed by atoms with Crippen LogP contribution in [0.3, 0.4) is 0 Å². The summed E-state index contributed by atoms with van der Waals surface area (Å²) < 4.78 is 8.77. The van der Waals surface area contributed by atoms with E-state index in [0.717, 1.165) is 23.6 Å². The quantitative estimate of drug-likeness (QED) is 0.921. The van der Waals surface area contributed by atoms with Crippen LogP contribution in [0.1, 0.15) is 31.2 Å². The van der Waals surface area contributed by atoms with Gasteiger partial charge in [-0.3, -0.25) is 0 Å². The molecule has 5 nitrogen and oxygen atoms in total. The van der Waals surface area contributed by atoms with E-state index in [-0.39, 0.29) is 0 Å².